The summed E-state index contributed by atoms with van der Waals surface area (Å²) in [6.07, 6.45) is -2.52. The van der Waals surface area contributed by atoms with E-state index in [1.165, 1.54) is 6.07 Å². The average Bonchev–Trinajstić information content (AvgIpc) is 2.89. The van der Waals surface area contributed by atoms with Gasteiger partial charge in [0.15, 0.2) is 11.5 Å². The summed E-state index contributed by atoms with van der Waals surface area (Å²) in [5.74, 6) is 0.642. The SMILES string of the molecule is NCC1CCN(c2ccc3c(c2)OC(F)(F)O3)C1. The normalized spacial score (nSPS) is 24.6. The predicted octanol–water partition coefficient (Wildman–Crippen LogP) is 1.79. The Kier molecular flexibility index (Phi) is 2.55. The summed E-state index contributed by atoms with van der Waals surface area (Å²) in [7, 11) is 0. The summed E-state index contributed by atoms with van der Waals surface area (Å²) in [5, 5.41) is 0. The fourth-order valence-electron chi connectivity index (χ4n) is 2.39. The highest BCUT2D eigenvalue weighted by molar-refractivity contribution is 5.58. The molecule has 1 aromatic rings. The Balaban J connectivity index is 1.80. The molecule has 1 fully saturated rings. The molecule has 0 saturated carbocycles. The minimum atomic E-state index is -3.55. The molecule has 1 atom stereocenters. The summed E-state index contributed by atoms with van der Waals surface area (Å²) in [6, 6.07) is 4.87. The third-order valence-electron chi connectivity index (χ3n) is 3.37. The van der Waals surface area contributed by atoms with E-state index in [0.29, 0.717) is 12.5 Å². The minimum absolute atomic E-state index is 0.0818. The Morgan fingerprint density at radius 2 is 2.11 bits per heavy atom. The maximum absolute atomic E-state index is 12.9. The predicted molar refractivity (Wildman–Crippen MR) is 62.0 cm³/mol. The standard InChI is InChI=1S/C12H14F2N2O2/c13-12(14)17-10-2-1-9(5-11(10)18-12)16-4-3-8(6-15)7-16/h1-2,5,8H,3-4,6-7,15H2. The second-order valence-electron chi connectivity index (χ2n) is 4.63. The molecule has 0 amide bonds. The van der Waals surface area contributed by atoms with Crippen LogP contribution in [0.1, 0.15) is 6.42 Å². The lowest BCUT2D eigenvalue weighted by molar-refractivity contribution is -0.286. The number of benzene rings is 1. The van der Waals surface area contributed by atoms with Crippen molar-refractivity contribution in [3.8, 4) is 11.5 Å². The van der Waals surface area contributed by atoms with Crippen LogP contribution in [0.4, 0.5) is 14.5 Å². The molecule has 1 aromatic carbocycles. The first-order chi connectivity index (χ1) is 8.57. The van der Waals surface area contributed by atoms with Crippen LogP contribution in [-0.2, 0) is 0 Å². The zero-order valence-corrected chi connectivity index (χ0v) is 9.73. The molecule has 0 spiro atoms. The van der Waals surface area contributed by atoms with Gasteiger partial charge in [-0.15, -0.1) is 8.78 Å². The highest BCUT2D eigenvalue weighted by Crippen LogP contribution is 2.43. The maximum atomic E-state index is 12.9. The van der Waals surface area contributed by atoms with Crippen LogP contribution in [0.25, 0.3) is 0 Å². The van der Waals surface area contributed by atoms with E-state index < -0.39 is 6.29 Å². The van der Waals surface area contributed by atoms with Gasteiger partial charge in [0, 0.05) is 24.8 Å². The minimum Gasteiger partial charge on any atom is -0.395 e. The van der Waals surface area contributed by atoms with Crippen molar-refractivity contribution in [3.63, 3.8) is 0 Å². The van der Waals surface area contributed by atoms with Crippen molar-refractivity contribution in [2.75, 3.05) is 24.5 Å². The number of anilines is 1. The highest BCUT2D eigenvalue weighted by atomic mass is 19.3. The van der Waals surface area contributed by atoms with Crippen molar-refractivity contribution in [2.45, 2.75) is 12.7 Å². The Hall–Kier alpha value is -1.56. The lowest BCUT2D eigenvalue weighted by Gasteiger charge is -2.18. The zero-order chi connectivity index (χ0) is 12.8. The van der Waals surface area contributed by atoms with Crippen LogP contribution in [0.15, 0.2) is 18.2 Å². The highest BCUT2D eigenvalue weighted by Gasteiger charge is 2.43. The van der Waals surface area contributed by atoms with Crippen LogP contribution in [0.5, 0.6) is 11.5 Å². The first-order valence-corrected chi connectivity index (χ1v) is 5.92. The smallest absolute Gasteiger partial charge is 0.395 e. The second-order valence-corrected chi connectivity index (χ2v) is 4.63. The van der Waals surface area contributed by atoms with Crippen molar-refractivity contribution in [3.05, 3.63) is 18.2 Å². The van der Waals surface area contributed by atoms with Crippen molar-refractivity contribution in [2.24, 2.45) is 11.7 Å². The molecule has 2 heterocycles. The van der Waals surface area contributed by atoms with Gasteiger partial charge in [0.2, 0.25) is 0 Å². The van der Waals surface area contributed by atoms with E-state index in [-0.39, 0.29) is 11.5 Å². The van der Waals surface area contributed by atoms with Crippen LogP contribution in [0, 0.1) is 5.92 Å². The molecule has 98 valence electrons. The Labute approximate surface area is 103 Å². The van der Waals surface area contributed by atoms with Crippen molar-refractivity contribution in [1.82, 2.24) is 0 Å². The Bertz CT molecular complexity index is 467. The van der Waals surface area contributed by atoms with Gasteiger partial charge < -0.3 is 20.1 Å². The zero-order valence-electron chi connectivity index (χ0n) is 9.73. The van der Waals surface area contributed by atoms with E-state index in [4.69, 9.17) is 5.73 Å². The Morgan fingerprint density at radius 3 is 2.83 bits per heavy atom. The first-order valence-electron chi connectivity index (χ1n) is 5.92. The van der Waals surface area contributed by atoms with Crippen LogP contribution in [-0.4, -0.2) is 25.9 Å². The van der Waals surface area contributed by atoms with Gasteiger partial charge in [-0.25, -0.2) is 0 Å². The molecular formula is C12H14F2N2O2. The summed E-state index contributed by atoms with van der Waals surface area (Å²) >= 11 is 0. The van der Waals surface area contributed by atoms with Gasteiger partial charge in [-0.05, 0) is 31.0 Å². The molecule has 6 heteroatoms. The molecule has 0 aliphatic carbocycles. The van der Waals surface area contributed by atoms with Crippen LogP contribution in [0.2, 0.25) is 0 Å². The fraction of sp³-hybridized carbons (Fsp3) is 0.500. The third-order valence-corrected chi connectivity index (χ3v) is 3.37. The molecule has 0 aromatic heterocycles. The van der Waals surface area contributed by atoms with E-state index in [2.05, 4.69) is 14.4 Å². The third kappa shape index (κ3) is 1.96. The lowest BCUT2D eigenvalue weighted by atomic mass is 10.1. The number of hydrogen-bond acceptors (Lipinski definition) is 4. The number of fused-ring (bicyclic) bond motifs is 1. The first kappa shape index (κ1) is 11.5. The van der Waals surface area contributed by atoms with Gasteiger partial charge >= 0.3 is 6.29 Å². The van der Waals surface area contributed by atoms with E-state index in [9.17, 15) is 8.78 Å². The fourth-order valence-corrected chi connectivity index (χ4v) is 2.39. The van der Waals surface area contributed by atoms with Gasteiger partial charge in [0.25, 0.3) is 0 Å². The van der Waals surface area contributed by atoms with Crippen LogP contribution < -0.4 is 20.1 Å². The average molecular weight is 256 g/mol. The second kappa shape index (κ2) is 3.98. The van der Waals surface area contributed by atoms with Gasteiger partial charge in [-0.3, -0.25) is 0 Å². The molecule has 0 bridgehead atoms. The topological polar surface area (TPSA) is 47.7 Å². The number of alkyl halides is 2. The van der Waals surface area contributed by atoms with Crippen LogP contribution in [0.3, 0.4) is 0 Å². The quantitative estimate of drug-likeness (QED) is 0.876. The lowest BCUT2D eigenvalue weighted by Crippen LogP contribution is -2.26. The van der Waals surface area contributed by atoms with Crippen LogP contribution >= 0.6 is 0 Å². The number of rotatable bonds is 2. The van der Waals surface area contributed by atoms with E-state index in [1.54, 1.807) is 12.1 Å². The number of ether oxygens (including phenoxy) is 2. The number of nitrogens with zero attached hydrogens (tertiary/aromatic N) is 1. The van der Waals surface area contributed by atoms with Gasteiger partial charge in [-0.1, -0.05) is 0 Å². The monoisotopic (exact) mass is 256 g/mol. The molecule has 4 nitrogen and oxygen atoms in total. The molecule has 18 heavy (non-hydrogen) atoms. The number of nitrogens with two attached hydrogens (primary N) is 1. The summed E-state index contributed by atoms with van der Waals surface area (Å²) < 4.78 is 34.6. The molecule has 1 unspecified atom stereocenters. The van der Waals surface area contributed by atoms with E-state index >= 15 is 0 Å². The van der Waals surface area contributed by atoms with Gasteiger partial charge in [-0.2, -0.15) is 0 Å². The number of hydrogen-bond donors (Lipinski definition) is 1. The summed E-state index contributed by atoms with van der Waals surface area (Å²) in [6.45, 7) is 2.39. The molecule has 0 radical (unpaired) electrons. The van der Waals surface area contributed by atoms with Crippen molar-refractivity contribution in [1.29, 1.82) is 0 Å². The van der Waals surface area contributed by atoms with E-state index in [1.807, 2.05) is 0 Å². The van der Waals surface area contributed by atoms with Gasteiger partial charge in [0.1, 0.15) is 0 Å². The maximum Gasteiger partial charge on any atom is 0.586 e. The summed E-state index contributed by atoms with van der Waals surface area (Å²) in [4.78, 5) is 2.12. The summed E-state index contributed by atoms with van der Waals surface area (Å²) in [5.41, 5.74) is 6.50. The van der Waals surface area contributed by atoms with Crippen molar-refractivity contribution >= 4 is 5.69 Å². The van der Waals surface area contributed by atoms with E-state index in [0.717, 1.165) is 25.2 Å². The Morgan fingerprint density at radius 1 is 1.33 bits per heavy atom. The molecule has 1 saturated heterocycles. The molecule has 3 rings (SSSR count). The van der Waals surface area contributed by atoms with Crippen molar-refractivity contribution < 1.29 is 18.3 Å². The molecule has 2 N–H and O–H groups in total. The van der Waals surface area contributed by atoms with Gasteiger partial charge in [0.05, 0.1) is 0 Å². The largest absolute Gasteiger partial charge is 0.586 e. The number of halogens is 2. The molecule has 2 aliphatic heterocycles. The molecular weight excluding hydrogens is 242 g/mol. The molecule has 2 aliphatic rings.